The van der Waals surface area contributed by atoms with Crippen molar-refractivity contribution >= 4 is 5.78 Å². The van der Waals surface area contributed by atoms with Crippen molar-refractivity contribution in [2.45, 2.75) is 33.6 Å². The van der Waals surface area contributed by atoms with Crippen LogP contribution in [0.5, 0.6) is 5.75 Å². The molecule has 0 unspecified atom stereocenters. The van der Waals surface area contributed by atoms with Crippen LogP contribution in [0.2, 0.25) is 0 Å². The zero-order valence-corrected chi connectivity index (χ0v) is 10.0. The summed E-state index contributed by atoms with van der Waals surface area (Å²) in [4.78, 5) is 11.4. The molecule has 0 bridgehead atoms. The van der Waals surface area contributed by atoms with Gasteiger partial charge in [0, 0.05) is 12.0 Å². The average molecular weight is 208 g/mol. The molecular weight excluding hydrogens is 188 g/mol. The van der Waals surface area contributed by atoms with E-state index in [-0.39, 0.29) is 5.78 Å². The lowest BCUT2D eigenvalue weighted by molar-refractivity contribution is 0.0981. The summed E-state index contributed by atoms with van der Waals surface area (Å²) >= 11 is 0. The van der Waals surface area contributed by atoms with Gasteiger partial charge in [-0.2, -0.15) is 0 Å². The van der Waals surface area contributed by atoms with Gasteiger partial charge >= 0.3 is 0 Å². The van der Waals surface area contributed by atoms with E-state index in [1.54, 1.807) is 19.2 Å². The van der Waals surface area contributed by atoms with Gasteiger partial charge in [0.15, 0.2) is 5.78 Å². The number of carbonyl (C=O) groups excluding carboxylic acids is 1. The van der Waals surface area contributed by atoms with Crippen LogP contribution in [-0.4, -0.2) is 12.9 Å². The smallest absolute Gasteiger partial charge is 0.162 e. The molecule has 0 N–H and O–H groups in total. The molecule has 2 nitrogen and oxygen atoms in total. The second kappa shape index (κ2) is 8.04. The van der Waals surface area contributed by atoms with Crippen molar-refractivity contribution in [1.82, 2.24) is 0 Å². The zero-order valence-electron chi connectivity index (χ0n) is 10.0. The van der Waals surface area contributed by atoms with Gasteiger partial charge in [-0.3, -0.25) is 4.79 Å². The summed E-state index contributed by atoms with van der Waals surface area (Å²) in [6, 6.07) is 7.22. The summed E-state index contributed by atoms with van der Waals surface area (Å²) in [5.74, 6) is 0.984. The maximum absolute atomic E-state index is 11.4. The molecule has 0 spiro atoms. The van der Waals surface area contributed by atoms with Crippen LogP contribution < -0.4 is 4.74 Å². The van der Waals surface area contributed by atoms with E-state index >= 15 is 0 Å². The van der Waals surface area contributed by atoms with E-state index in [9.17, 15) is 4.79 Å². The number of rotatable bonds is 4. The SMILES string of the molecule is CC.CCCC(=O)c1ccc(OC)cc1. The monoisotopic (exact) mass is 208 g/mol. The van der Waals surface area contributed by atoms with Crippen LogP contribution in [0.4, 0.5) is 0 Å². The van der Waals surface area contributed by atoms with Crippen LogP contribution in [-0.2, 0) is 0 Å². The number of ether oxygens (including phenoxy) is 1. The number of benzene rings is 1. The quantitative estimate of drug-likeness (QED) is 0.705. The number of hydrogen-bond acceptors (Lipinski definition) is 2. The van der Waals surface area contributed by atoms with Crippen LogP contribution in [0.15, 0.2) is 24.3 Å². The largest absolute Gasteiger partial charge is 0.497 e. The number of Topliss-reactive ketones (excluding diaryl/α,β-unsaturated/α-hetero) is 1. The van der Waals surface area contributed by atoms with Gasteiger partial charge < -0.3 is 4.74 Å². The molecule has 2 heteroatoms. The molecule has 0 fully saturated rings. The fraction of sp³-hybridized carbons (Fsp3) is 0.462. The predicted octanol–water partition coefficient (Wildman–Crippen LogP) is 3.70. The maximum atomic E-state index is 11.4. The Balaban J connectivity index is 0.000000921. The van der Waals surface area contributed by atoms with Gasteiger partial charge in [0.25, 0.3) is 0 Å². The lowest BCUT2D eigenvalue weighted by Gasteiger charge is -2.01. The first-order chi connectivity index (χ1) is 7.27. The van der Waals surface area contributed by atoms with E-state index in [0.717, 1.165) is 17.7 Å². The Morgan fingerprint density at radius 3 is 2.13 bits per heavy atom. The molecule has 15 heavy (non-hydrogen) atoms. The number of carbonyl (C=O) groups is 1. The molecule has 0 aliphatic heterocycles. The first-order valence-corrected chi connectivity index (χ1v) is 5.45. The second-order valence-electron chi connectivity index (χ2n) is 2.90. The second-order valence-corrected chi connectivity index (χ2v) is 2.90. The van der Waals surface area contributed by atoms with Crippen LogP contribution >= 0.6 is 0 Å². The van der Waals surface area contributed by atoms with Gasteiger partial charge in [0.1, 0.15) is 5.75 Å². The van der Waals surface area contributed by atoms with Crippen LogP contribution in [0.25, 0.3) is 0 Å². The van der Waals surface area contributed by atoms with E-state index in [4.69, 9.17) is 4.74 Å². The lowest BCUT2D eigenvalue weighted by atomic mass is 10.1. The molecule has 0 aliphatic carbocycles. The van der Waals surface area contributed by atoms with Gasteiger partial charge in [-0.15, -0.1) is 0 Å². The fourth-order valence-corrected chi connectivity index (χ4v) is 1.15. The Kier molecular flexibility index (Phi) is 7.33. The summed E-state index contributed by atoms with van der Waals surface area (Å²) in [7, 11) is 1.61. The first kappa shape index (κ1) is 13.7. The van der Waals surface area contributed by atoms with E-state index in [1.807, 2.05) is 32.9 Å². The van der Waals surface area contributed by atoms with Crippen molar-refractivity contribution in [2.75, 3.05) is 7.11 Å². The van der Waals surface area contributed by atoms with Crippen molar-refractivity contribution in [2.24, 2.45) is 0 Å². The Morgan fingerprint density at radius 2 is 1.73 bits per heavy atom. The zero-order chi connectivity index (χ0) is 11.7. The average Bonchev–Trinajstić information content (AvgIpc) is 2.32. The summed E-state index contributed by atoms with van der Waals surface area (Å²) in [5.41, 5.74) is 0.766. The maximum Gasteiger partial charge on any atom is 0.162 e. The highest BCUT2D eigenvalue weighted by Gasteiger charge is 2.03. The van der Waals surface area contributed by atoms with E-state index < -0.39 is 0 Å². The highest BCUT2D eigenvalue weighted by atomic mass is 16.5. The van der Waals surface area contributed by atoms with Gasteiger partial charge in [-0.05, 0) is 30.7 Å². The number of ketones is 1. The van der Waals surface area contributed by atoms with Gasteiger partial charge in [0.05, 0.1) is 7.11 Å². The molecule has 1 aromatic carbocycles. The minimum atomic E-state index is 0.199. The highest BCUT2D eigenvalue weighted by molar-refractivity contribution is 5.96. The summed E-state index contributed by atoms with van der Waals surface area (Å²) < 4.78 is 5.00. The summed E-state index contributed by atoms with van der Waals surface area (Å²) in [5, 5.41) is 0. The normalized spacial score (nSPS) is 8.80. The molecule has 0 radical (unpaired) electrons. The molecule has 84 valence electrons. The molecule has 1 aromatic rings. The standard InChI is InChI=1S/C11H14O2.C2H6/c1-3-4-11(12)9-5-7-10(13-2)8-6-9;1-2/h5-8H,3-4H2,1-2H3;1-2H3. The van der Waals surface area contributed by atoms with Crippen molar-refractivity contribution < 1.29 is 9.53 Å². The van der Waals surface area contributed by atoms with Gasteiger partial charge in [-0.25, -0.2) is 0 Å². The predicted molar refractivity (Wildman–Crippen MR) is 63.6 cm³/mol. The molecule has 0 atom stereocenters. The molecule has 1 rings (SSSR count). The molecule has 0 saturated heterocycles. The topological polar surface area (TPSA) is 26.3 Å². The van der Waals surface area contributed by atoms with Gasteiger partial charge in [-0.1, -0.05) is 20.8 Å². The van der Waals surface area contributed by atoms with Crippen LogP contribution in [0, 0.1) is 0 Å². The highest BCUT2D eigenvalue weighted by Crippen LogP contribution is 2.12. The molecule has 0 aromatic heterocycles. The van der Waals surface area contributed by atoms with E-state index in [2.05, 4.69) is 0 Å². The Bertz CT molecular complexity index is 275. The van der Waals surface area contributed by atoms with E-state index in [1.165, 1.54) is 0 Å². The molecule has 0 heterocycles. The Morgan fingerprint density at radius 1 is 1.20 bits per heavy atom. The van der Waals surface area contributed by atoms with Crippen molar-refractivity contribution in [3.05, 3.63) is 29.8 Å². The lowest BCUT2D eigenvalue weighted by Crippen LogP contribution is -1.97. The fourth-order valence-electron chi connectivity index (χ4n) is 1.15. The minimum absolute atomic E-state index is 0.199. The number of methoxy groups -OCH3 is 1. The third-order valence-corrected chi connectivity index (χ3v) is 1.89. The molecule has 0 amide bonds. The molecular formula is C13H20O2. The first-order valence-electron chi connectivity index (χ1n) is 5.45. The van der Waals surface area contributed by atoms with Crippen LogP contribution in [0.1, 0.15) is 44.0 Å². The van der Waals surface area contributed by atoms with Crippen molar-refractivity contribution in [3.63, 3.8) is 0 Å². The van der Waals surface area contributed by atoms with Crippen molar-refractivity contribution in [3.8, 4) is 5.75 Å². The number of hydrogen-bond donors (Lipinski definition) is 0. The minimum Gasteiger partial charge on any atom is -0.497 e. The third-order valence-electron chi connectivity index (χ3n) is 1.89. The van der Waals surface area contributed by atoms with Crippen LogP contribution in [0.3, 0.4) is 0 Å². The Hall–Kier alpha value is -1.31. The van der Waals surface area contributed by atoms with Gasteiger partial charge in [0.2, 0.25) is 0 Å². The van der Waals surface area contributed by atoms with Crippen molar-refractivity contribution in [1.29, 1.82) is 0 Å². The summed E-state index contributed by atoms with van der Waals surface area (Å²) in [6.45, 7) is 6.00. The third kappa shape index (κ3) is 4.63. The Labute approximate surface area is 92.3 Å². The summed E-state index contributed by atoms with van der Waals surface area (Å²) in [6.07, 6.45) is 1.51. The molecule has 0 aliphatic rings. The van der Waals surface area contributed by atoms with E-state index in [0.29, 0.717) is 6.42 Å². The molecule has 0 saturated carbocycles.